The smallest absolute Gasteiger partial charge is 0.0697 e. The average Bonchev–Trinajstić information content (AvgIpc) is 2.87. The van der Waals surface area contributed by atoms with Crippen molar-refractivity contribution in [3.8, 4) is 11.1 Å². The van der Waals surface area contributed by atoms with Gasteiger partial charge in [-0.15, -0.1) is 0 Å². The summed E-state index contributed by atoms with van der Waals surface area (Å²) >= 11 is 0. The van der Waals surface area contributed by atoms with E-state index in [0.29, 0.717) is 0 Å². The number of aromatic nitrogens is 2. The molecule has 86 valence electrons. The lowest BCUT2D eigenvalue weighted by Gasteiger charge is -2.08. The second-order valence-corrected chi connectivity index (χ2v) is 4.38. The van der Waals surface area contributed by atoms with E-state index in [1.165, 1.54) is 23.2 Å². The van der Waals surface area contributed by atoms with Crippen molar-refractivity contribution in [1.29, 1.82) is 0 Å². The summed E-state index contributed by atoms with van der Waals surface area (Å²) in [4.78, 5) is 8.60. The minimum Gasteiger partial charge on any atom is -0.392 e. The molecular formula is C14H14N2O. The SMILES string of the molecule is OCc1cncc(-c2ccnc3c2CCC3)c1. The molecular weight excluding hydrogens is 212 g/mol. The van der Waals surface area contributed by atoms with E-state index in [2.05, 4.69) is 9.97 Å². The largest absolute Gasteiger partial charge is 0.392 e. The number of nitrogens with zero attached hydrogens (tertiary/aromatic N) is 2. The highest BCUT2D eigenvalue weighted by Gasteiger charge is 2.16. The molecule has 2 heterocycles. The topological polar surface area (TPSA) is 46.0 Å². The maximum atomic E-state index is 9.15. The standard InChI is InChI=1S/C14H14N2O/c17-9-10-6-11(8-15-7-10)12-4-5-16-14-3-1-2-13(12)14/h4-8,17H,1-3,9H2. The summed E-state index contributed by atoms with van der Waals surface area (Å²) < 4.78 is 0. The van der Waals surface area contributed by atoms with E-state index in [-0.39, 0.29) is 6.61 Å². The van der Waals surface area contributed by atoms with E-state index < -0.39 is 0 Å². The number of hydrogen-bond donors (Lipinski definition) is 1. The highest BCUT2D eigenvalue weighted by molar-refractivity contribution is 5.68. The van der Waals surface area contributed by atoms with Crippen LogP contribution >= 0.6 is 0 Å². The van der Waals surface area contributed by atoms with Gasteiger partial charge in [0.1, 0.15) is 0 Å². The van der Waals surface area contributed by atoms with Crippen LogP contribution in [0.4, 0.5) is 0 Å². The molecule has 0 fully saturated rings. The first-order valence-electron chi connectivity index (χ1n) is 5.90. The summed E-state index contributed by atoms with van der Waals surface area (Å²) in [7, 11) is 0. The number of fused-ring (bicyclic) bond motifs is 1. The number of hydrogen-bond acceptors (Lipinski definition) is 3. The van der Waals surface area contributed by atoms with Crippen LogP contribution in [0.5, 0.6) is 0 Å². The molecule has 17 heavy (non-hydrogen) atoms. The van der Waals surface area contributed by atoms with Crippen molar-refractivity contribution in [1.82, 2.24) is 9.97 Å². The molecule has 0 aromatic carbocycles. The van der Waals surface area contributed by atoms with E-state index in [9.17, 15) is 0 Å². The molecule has 2 aromatic rings. The Hall–Kier alpha value is -1.74. The van der Waals surface area contributed by atoms with E-state index in [4.69, 9.17) is 5.11 Å². The van der Waals surface area contributed by atoms with Gasteiger partial charge in [-0.05, 0) is 48.1 Å². The normalized spacial score (nSPS) is 13.7. The van der Waals surface area contributed by atoms with Crippen LogP contribution in [0.25, 0.3) is 11.1 Å². The summed E-state index contributed by atoms with van der Waals surface area (Å²) in [6.07, 6.45) is 8.79. The maximum absolute atomic E-state index is 9.15. The molecule has 1 aliphatic rings. The van der Waals surface area contributed by atoms with Gasteiger partial charge in [-0.25, -0.2) is 0 Å². The molecule has 0 unspecified atom stereocenters. The van der Waals surface area contributed by atoms with Crippen LogP contribution in [0.2, 0.25) is 0 Å². The Morgan fingerprint density at radius 2 is 2.18 bits per heavy atom. The maximum Gasteiger partial charge on any atom is 0.0697 e. The lowest BCUT2D eigenvalue weighted by molar-refractivity contribution is 0.281. The summed E-state index contributed by atoms with van der Waals surface area (Å²) in [6.45, 7) is 0.0358. The van der Waals surface area contributed by atoms with Crippen LogP contribution in [0.15, 0.2) is 30.7 Å². The molecule has 0 bridgehead atoms. The summed E-state index contributed by atoms with van der Waals surface area (Å²) in [5.41, 5.74) is 5.72. The third-order valence-corrected chi connectivity index (χ3v) is 3.27. The number of pyridine rings is 2. The van der Waals surface area contributed by atoms with Gasteiger partial charge in [-0.2, -0.15) is 0 Å². The van der Waals surface area contributed by atoms with Crippen LogP contribution in [0.3, 0.4) is 0 Å². The first-order valence-corrected chi connectivity index (χ1v) is 5.90. The van der Waals surface area contributed by atoms with Crippen LogP contribution in [0, 0.1) is 0 Å². The number of aliphatic hydroxyl groups is 1. The molecule has 2 aromatic heterocycles. The van der Waals surface area contributed by atoms with E-state index in [1.54, 1.807) is 6.20 Å². The first-order chi connectivity index (χ1) is 8.38. The lowest BCUT2D eigenvalue weighted by Crippen LogP contribution is -1.93. The van der Waals surface area contributed by atoms with Crippen molar-refractivity contribution in [3.05, 3.63) is 47.5 Å². The van der Waals surface area contributed by atoms with Crippen molar-refractivity contribution in [2.75, 3.05) is 0 Å². The molecule has 0 spiro atoms. The zero-order chi connectivity index (χ0) is 11.7. The Kier molecular flexibility index (Phi) is 2.61. The third-order valence-electron chi connectivity index (χ3n) is 3.27. The van der Waals surface area contributed by atoms with Crippen molar-refractivity contribution in [2.24, 2.45) is 0 Å². The van der Waals surface area contributed by atoms with E-state index in [0.717, 1.165) is 24.0 Å². The fourth-order valence-corrected chi connectivity index (χ4v) is 2.45. The number of aryl methyl sites for hydroxylation is 1. The molecule has 1 aliphatic carbocycles. The van der Waals surface area contributed by atoms with E-state index in [1.807, 2.05) is 24.5 Å². The minimum absolute atomic E-state index is 0.0358. The molecule has 3 rings (SSSR count). The summed E-state index contributed by atoms with van der Waals surface area (Å²) in [5.74, 6) is 0. The van der Waals surface area contributed by atoms with Gasteiger partial charge in [0, 0.05) is 29.8 Å². The van der Waals surface area contributed by atoms with E-state index >= 15 is 0 Å². The number of rotatable bonds is 2. The van der Waals surface area contributed by atoms with Crippen molar-refractivity contribution in [2.45, 2.75) is 25.9 Å². The zero-order valence-electron chi connectivity index (χ0n) is 9.56. The Morgan fingerprint density at radius 3 is 3.06 bits per heavy atom. The van der Waals surface area contributed by atoms with Crippen LogP contribution in [-0.2, 0) is 19.4 Å². The Labute approximate surface area is 100 Å². The van der Waals surface area contributed by atoms with Crippen LogP contribution in [-0.4, -0.2) is 15.1 Å². The molecule has 3 nitrogen and oxygen atoms in total. The molecule has 0 radical (unpaired) electrons. The van der Waals surface area contributed by atoms with Gasteiger partial charge >= 0.3 is 0 Å². The fraction of sp³-hybridized carbons (Fsp3) is 0.286. The highest BCUT2D eigenvalue weighted by atomic mass is 16.3. The van der Waals surface area contributed by atoms with Gasteiger partial charge in [0.15, 0.2) is 0 Å². The molecule has 3 heteroatoms. The van der Waals surface area contributed by atoms with Gasteiger partial charge in [0.05, 0.1) is 6.61 Å². The van der Waals surface area contributed by atoms with Crippen molar-refractivity contribution in [3.63, 3.8) is 0 Å². The minimum atomic E-state index is 0.0358. The lowest BCUT2D eigenvalue weighted by atomic mass is 10.0. The van der Waals surface area contributed by atoms with Gasteiger partial charge in [-0.1, -0.05) is 0 Å². The van der Waals surface area contributed by atoms with Crippen molar-refractivity contribution < 1.29 is 5.11 Å². The quantitative estimate of drug-likeness (QED) is 0.853. The molecule has 1 N–H and O–H groups in total. The monoisotopic (exact) mass is 226 g/mol. The predicted octanol–water partition coefficient (Wildman–Crippen LogP) is 2.12. The zero-order valence-corrected chi connectivity index (χ0v) is 9.56. The second kappa shape index (κ2) is 4.26. The molecule has 0 saturated heterocycles. The van der Waals surface area contributed by atoms with Gasteiger partial charge in [0.25, 0.3) is 0 Å². The average molecular weight is 226 g/mol. The van der Waals surface area contributed by atoms with Crippen molar-refractivity contribution >= 4 is 0 Å². The highest BCUT2D eigenvalue weighted by Crippen LogP contribution is 2.30. The Balaban J connectivity index is 2.12. The molecule has 0 saturated carbocycles. The molecule has 0 amide bonds. The number of aliphatic hydroxyl groups excluding tert-OH is 1. The molecule has 0 aliphatic heterocycles. The third kappa shape index (κ3) is 1.83. The summed E-state index contributed by atoms with van der Waals surface area (Å²) in [6, 6.07) is 4.04. The Bertz CT molecular complexity index is 552. The van der Waals surface area contributed by atoms with Crippen LogP contribution < -0.4 is 0 Å². The van der Waals surface area contributed by atoms with Gasteiger partial charge < -0.3 is 5.11 Å². The Morgan fingerprint density at radius 1 is 1.24 bits per heavy atom. The summed E-state index contributed by atoms with van der Waals surface area (Å²) in [5, 5.41) is 9.15. The molecule has 0 atom stereocenters. The van der Waals surface area contributed by atoms with Gasteiger partial charge in [0.2, 0.25) is 0 Å². The van der Waals surface area contributed by atoms with Gasteiger partial charge in [-0.3, -0.25) is 9.97 Å². The first kappa shape index (κ1) is 10.4. The fourth-order valence-electron chi connectivity index (χ4n) is 2.45. The second-order valence-electron chi connectivity index (χ2n) is 4.38. The predicted molar refractivity (Wildman–Crippen MR) is 65.4 cm³/mol. The van der Waals surface area contributed by atoms with Crippen LogP contribution in [0.1, 0.15) is 23.2 Å².